The molecule has 0 atom stereocenters. The van der Waals surface area contributed by atoms with Gasteiger partial charge in [0.1, 0.15) is 10.1 Å². The number of halogens is 1. The SMILES string of the molecule is COc1cc(Cl)cc(C=C2N=C(SCc3ccccc3)SC2=O)c1OC. The average Bonchev–Trinajstić information content (AvgIpc) is 3.00. The second-order valence-electron chi connectivity index (χ2n) is 5.30. The van der Waals surface area contributed by atoms with Crippen molar-refractivity contribution in [2.45, 2.75) is 5.75 Å². The fourth-order valence-corrected chi connectivity index (χ4v) is 4.40. The summed E-state index contributed by atoms with van der Waals surface area (Å²) in [6.45, 7) is 0. The number of ether oxygens (including phenoxy) is 2. The molecule has 0 aromatic heterocycles. The quantitative estimate of drug-likeness (QED) is 0.635. The molecule has 1 aliphatic heterocycles. The molecule has 2 aromatic carbocycles. The Morgan fingerprint density at radius 2 is 1.96 bits per heavy atom. The first kappa shape index (κ1) is 18.9. The van der Waals surface area contributed by atoms with Gasteiger partial charge in [0.05, 0.1) is 14.2 Å². The molecule has 0 saturated heterocycles. The van der Waals surface area contributed by atoms with Crippen molar-refractivity contribution in [3.63, 3.8) is 0 Å². The first-order valence-corrected chi connectivity index (χ1v) is 9.89. The molecule has 0 fully saturated rings. The van der Waals surface area contributed by atoms with Crippen LogP contribution >= 0.6 is 35.1 Å². The highest BCUT2D eigenvalue weighted by molar-refractivity contribution is 8.45. The number of hydrogen-bond donors (Lipinski definition) is 0. The molecular formula is C19H16ClNO3S2. The van der Waals surface area contributed by atoms with E-state index in [0.29, 0.717) is 27.8 Å². The lowest BCUT2D eigenvalue weighted by molar-refractivity contribution is -0.107. The van der Waals surface area contributed by atoms with E-state index in [1.54, 1.807) is 37.1 Å². The minimum atomic E-state index is -0.0958. The zero-order valence-electron chi connectivity index (χ0n) is 14.2. The zero-order chi connectivity index (χ0) is 18.5. The van der Waals surface area contributed by atoms with Crippen LogP contribution in [0.3, 0.4) is 0 Å². The van der Waals surface area contributed by atoms with Gasteiger partial charge in [0.25, 0.3) is 0 Å². The van der Waals surface area contributed by atoms with Crippen molar-refractivity contribution in [3.8, 4) is 11.5 Å². The third-order valence-corrected chi connectivity index (χ3v) is 5.87. The van der Waals surface area contributed by atoms with Crippen LogP contribution in [0.4, 0.5) is 0 Å². The standard InChI is InChI=1S/C19H16ClNO3S2/c1-23-16-10-14(20)8-13(17(16)24-2)9-15-18(22)26-19(21-15)25-11-12-6-4-3-5-7-12/h3-10H,11H2,1-2H3. The van der Waals surface area contributed by atoms with Crippen LogP contribution in [-0.4, -0.2) is 23.7 Å². The third-order valence-electron chi connectivity index (χ3n) is 3.57. The summed E-state index contributed by atoms with van der Waals surface area (Å²) in [7, 11) is 3.08. The predicted molar refractivity (Wildman–Crippen MR) is 110 cm³/mol. The van der Waals surface area contributed by atoms with E-state index in [1.165, 1.54) is 12.7 Å². The van der Waals surface area contributed by atoms with Crippen LogP contribution in [0.15, 0.2) is 53.2 Å². The van der Waals surface area contributed by atoms with Gasteiger partial charge >= 0.3 is 0 Å². The molecule has 0 bridgehead atoms. The minimum absolute atomic E-state index is 0.0958. The molecule has 2 aromatic rings. The highest BCUT2D eigenvalue weighted by atomic mass is 35.5. The van der Waals surface area contributed by atoms with Crippen LogP contribution < -0.4 is 9.47 Å². The molecule has 4 nitrogen and oxygen atoms in total. The molecule has 1 heterocycles. The molecule has 0 radical (unpaired) electrons. The second-order valence-corrected chi connectivity index (χ2v) is 7.92. The van der Waals surface area contributed by atoms with E-state index in [4.69, 9.17) is 21.1 Å². The van der Waals surface area contributed by atoms with Gasteiger partial charge in [-0.3, -0.25) is 4.79 Å². The van der Waals surface area contributed by atoms with Crippen molar-refractivity contribution < 1.29 is 14.3 Å². The molecule has 1 aliphatic rings. The summed E-state index contributed by atoms with van der Waals surface area (Å²) >= 11 is 8.82. The molecule has 0 saturated carbocycles. The van der Waals surface area contributed by atoms with Gasteiger partial charge in [-0.15, -0.1) is 0 Å². The molecule has 0 spiro atoms. The van der Waals surface area contributed by atoms with Crippen molar-refractivity contribution in [2.24, 2.45) is 4.99 Å². The van der Waals surface area contributed by atoms with E-state index in [0.717, 1.165) is 21.9 Å². The van der Waals surface area contributed by atoms with Gasteiger partial charge in [-0.2, -0.15) is 0 Å². The van der Waals surface area contributed by atoms with Crippen molar-refractivity contribution in [3.05, 3.63) is 64.3 Å². The van der Waals surface area contributed by atoms with E-state index >= 15 is 0 Å². The van der Waals surface area contributed by atoms with Gasteiger partial charge in [-0.1, -0.05) is 53.7 Å². The maximum Gasteiger partial charge on any atom is 0.244 e. The number of rotatable bonds is 5. The summed E-state index contributed by atoms with van der Waals surface area (Å²) in [6, 6.07) is 13.5. The summed E-state index contributed by atoms with van der Waals surface area (Å²) in [5, 5.41) is 0.400. The molecule has 134 valence electrons. The fourth-order valence-electron chi connectivity index (χ4n) is 2.38. The van der Waals surface area contributed by atoms with E-state index in [9.17, 15) is 4.79 Å². The van der Waals surface area contributed by atoms with Crippen molar-refractivity contribution in [2.75, 3.05) is 14.2 Å². The highest BCUT2D eigenvalue weighted by Gasteiger charge is 2.23. The molecule has 26 heavy (non-hydrogen) atoms. The van der Waals surface area contributed by atoms with Gasteiger partial charge in [-0.05, 0) is 29.5 Å². The van der Waals surface area contributed by atoms with E-state index in [1.807, 2.05) is 18.2 Å². The Kier molecular flexibility index (Phi) is 6.29. The molecule has 7 heteroatoms. The van der Waals surface area contributed by atoms with Gasteiger partial charge < -0.3 is 9.47 Å². The average molecular weight is 406 g/mol. The number of hydrogen-bond acceptors (Lipinski definition) is 6. The highest BCUT2D eigenvalue weighted by Crippen LogP contribution is 2.38. The minimum Gasteiger partial charge on any atom is -0.493 e. The maximum atomic E-state index is 12.3. The van der Waals surface area contributed by atoms with E-state index in [-0.39, 0.29) is 5.12 Å². The predicted octanol–water partition coefficient (Wildman–Crippen LogP) is 5.26. The van der Waals surface area contributed by atoms with Crippen LogP contribution in [-0.2, 0) is 10.5 Å². The number of thioether (sulfide) groups is 2. The van der Waals surface area contributed by atoms with Crippen molar-refractivity contribution in [1.82, 2.24) is 0 Å². The second kappa shape index (κ2) is 8.66. The molecule has 0 amide bonds. The largest absolute Gasteiger partial charge is 0.493 e. The van der Waals surface area contributed by atoms with Gasteiger partial charge in [-0.25, -0.2) is 4.99 Å². The first-order chi connectivity index (χ1) is 12.6. The number of nitrogens with zero attached hydrogens (tertiary/aromatic N) is 1. The normalized spacial score (nSPS) is 15.3. The van der Waals surface area contributed by atoms with Crippen LogP contribution in [0.5, 0.6) is 11.5 Å². The van der Waals surface area contributed by atoms with Crippen molar-refractivity contribution in [1.29, 1.82) is 0 Å². The molecular weight excluding hydrogens is 390 g/mol. The van der Waals surface area contributed by atoms with Gasteiger partial charge in [0.2, 0.25) is 5.12 Å². The molecule has 0 N–H and O–H groups in total. The fraction of sp³-hybridized carbons (Fsp3) is 0.158. The van der Waals surface area contributed by atoms with Crippen LogP contribution in [0.25, 0.3) is 6.08 Å². The Morgan fingerprint density at radius 3 is 2.65 bits per heavy atom. The summed E-state index contributed by atoms with van der Waals surface area (Å²) in [6.07, 6.45) is 1.68. The van der Waals surface area contributed by atoms with Crippen LogP contribution in [0.2, 0.25) is 5.02 Å². The summed E-state index contributed by atoms with van der Waals surface area (Å²) < 4.78 is 11.4. The van der Waals surface area contributed by atoms with Gasteiger partial charge in [0, 0.05) is 22.4 Å². The summed E-state index contributed by atoms with van der Waals surface area (Å²) in [4.78, 5) is 16.8. The lowest BCUT2D eigenvalue weighted by Crippen LogP contribution is -1.95. The lowest BCUT2D eigenvalue weighted by atomic mass is 10.1. The molecule has 0 aliphatic carbocycles. The Bertz CT molecular complexity index is 882. The van der Waals surface area contributed by atoms with Crippen molar-refractivity contribution >= 4 is 50.7 Å². The monoisotopic (exact) mass is 405 g/mol. The molecule has 0 unspecified atom stereocenters. The summed E-state index contributed by atoms with van der Waals surface area (Å²) in [5.41, 5.74) is 2.21. The van der Waals surface area contributed by atoms with E-state index < -0.39 is 0 Å². The number of methoxy groups -OCH3 is 2. The smallest absolute Gasteiger partial charge is 0.244 e. The maximum absolute atomic E-state index is 12.3. The first-order valence-electron chi connectivity index (χ1n) is 7.71. The molecule has 3 rings (SSSR count). The topological polar surface area (TPSA) is 47.9 Å². The van der Waals surface area contributed by atoms with Crippen LogP contribution in [0.1, 0.15) is 11.1 Å². The number of carbonyl (C=O) groups is 1. The third kappa shape index (κ3) is 4.44. The number of aliphatic imine (C=N–C) groups is 1. The Hall–Kier alpha value is -1.89. The number of benzene rings is 2. The zero-order valence-corrected chi connectivity index (χ0v) is 16.6. The Labute approximate surface area is 165 Å². The van der Waals surface area contributed by atoms with E-state index in [2.05, 4.69) is 17.1 Å². The lowest BCUT2D eigenvalue weighted by Gasteiger charge is -2.11. The Morgan fingerprint density at radius 1 is 1.19 bits per heavy atom. The Balaban J connectivity index is 1.83. The summed E-state index contributed by atoms with van der Waals surface area (Å²) in [5.74, 6) is 1.79. The van der Waals surface area contributed by atoms with Gasteiger partial charge in [0.15, 0.2) is 11.5 Å². The van der Waals surface area contributed by atoms with Crippen LogP contribution in [0, 0.1) is 0 Å². The number of carbonyl (C=O) groups excluding carboxylic acids is 1.